The zero-order valence-corrected chi connectivity index (χ0v) is 7.33. The molecule has 0 spiro atoms. The number of carbonyl (C=O) groups excluding carboxylic acids is 1. The lowest BCUT2D eigenvalue weighted by molar-refractivity contribution is -0.108. The monoisotopic (exact) mass is 165 g/mol. The van der Waals surface area contributed by atoms with E-state index in [9.17, 15) is 4.79 Å². The second-order valence-electron chi connectivity index (χ2n) is 3.18. The van der Waals surface area contributed by atoms with E-state index in [0.29, 0.717) is 6.42 Å². The van der Waals surface area contributed by atoms with E-state index in [0.717, 1.165) is 19.4 Å². The van der Waals surface area contributed by atoms with Crippen LogP contribution in [0.4, 0.5) is 0 Å². The first-order valence-corrected chi connectivity index (χ1v) is 4.52. The van der Waals surface area contributed by atoms with Crippen molar-refractivity contribution in [3.63, 3.8) is 0 Å². The van der Waals surface area contributed by atoms with Gasteiger partial charge in [-0.3, -0.25) is 4.90 Å². The number of rotatable bonds is 3. The first-order chi connectivity index (χ1) is 5.88. The van der Waals surface area contributed by atoms with Crippen LogP contribution in [0.15, 0.2) is 0 Å². The Labute approximate surface area is 73.9 Å². The highest BCUT2D eigenvalue weighted by Gasteiger charge is 2.17. The number of hydrogen-bond acceptors (Lipinski definition) is 2. The molecule has 0 aromatic heterocycles. The van der Waals surface area contributed by atoms with Gasteiger partial charge in [-0.2, -0.15) is 0 Å². The number of likely N-dealkylation sites (tertiary alicyclic amines) is 1. The average Bonchev–Trinajstić information content (AvgIpc) is 2.15. The third-order valence-corrected chi connectivity index (χ3v) is 2.34. The van der Waals surface area contributed by atoms with E-state index in [1.54, 1.807) is 0 Å². The van der Waals surface area contributed by atoms with Crippen molar-refractivity contribution in [2.45, 2.75) is 31.7 Å². The first-order valence-electron chi connectivity index (χ1n) is 4.52. The quantitative estimate of drug-likeness (QED) is 0.460. The van der Waals surface area contributed by atoms with Crippen LogP contribution >= 0.6 is 0 Å². The van der Waals surface area contributed by atoms with Gasteiger partial charge in [-0.25, -0.2) is 0 Å². The number of aldehydes is 1. The molecule has 12 heavy (non-hydrogen) atoms. The lowest BCUT2D eigenvalue weighted by Gasteiger charge is -2.30. The van der Waals surface area contributed by atoms with Gasteiger partial charge in [-0.1, -0.05) is 12.3 Å². The Morgan fingerprint density at radius 2 is 2.08 bits per heavy atom. The van der Waals surface area contributed by atoms with Gasteiger partial charge >= 0.3 is 0 Å². The molecule has 0 aliphatic carbocycles. The average molecular weight is 165 g/mol. The molecule has 1 heterocycles. The predicted molar refractivity (Wildman–Crippen MR) is 48.7 cm³/mol. The third-order valence-electron chi connectivity index (χ3n) is 2.34. The number of carbonyl (C=O) groups is 1. The molecule has 2 nitrogen and oxygen atoms in total. The summed E-state index contributed by atoms with van der Waals surface area (Å²) in [5, 5.41) is 0. The van der Waals surface area contributed by atoms with E-state index < -0.39 is 0 Å². The first kappa shape index (κ1) is 9.28. The van der Waals surface area contributed by atoms with Crippen LogP contribution in [0.25, 0.3) is 0 Å². The Morgan fingerprint density at radius 1 is 1.42 bits per heavy atom. The minimum Gasteiger partial charge on any atom is -0.303 e. The molecule has 1 saturated heterocycles. The van der Waals surface area contributed by atoms with Crippen LogP contribution in [0.1, 0.15) is 25.7 Å². The van der Waals surface area contributed by atoms with Crippen molar-refractivity contribution in [3.05, 3.63) is 0 Å². The smallest absolute Gasteiger partial charge is 0.122 e. The summed E-state index contributed by atoms with van der Waals surface area (Å²) in [5.41, 5.74) is 0. The molecule has 0 aromatic carbocycles. The minimum atomic E-state index is 0.0443. The molecule has 1 fully saturated rings. The van der Waals surface area contributed by atoms with Gasteiger partial charge in [-0.05, 0) is 25.9 Å². The maximum Gasteiger partial charge on any atom is 0.122 e. The topological polar surface area (TPSA) is 20.3 Å². The molecule has 66 valence electrons. The fraction of sp³-hybridized carbons (Fsp3) is 0.700. The Kier molecular flexibility index (Phi) is 3.83. The molecule has 1 unspecified atom stereocenters. The van der Waals surface area contributed by atoms with E-state index in [1.165, 1.54) is 19.3 Å². The number of piperidine rings is 1. The maximum absolute atomic E-state index is 10.3. The lowest BCUT2D eigenvalue weighted by atomic mass is 10.1. The Morgan fingerprint density at radius 3 is 2.58 bits per heavy atom. The fourth-order valence-electron chi connectivity index (χ4n) is 1.64. The molecule has 2 heteroatoms. The van der Waals surface area contributed by atoms with Crippen molar-refractivity contribution in [2.75, 3.05) is 13.1 Å². The molecule has 1 aliphatic heterocycles. The lowest BCUT2D eigenvalue weighted by Crippen LogP contribution is -2.38. The molecule has 0 N–H and O–H groups in total. The zero-order valence-electron chi connectivity index (χ0n) is 7.33. The summed E-state index contributed by atoms with van der Waals surface area (Å²) in [7, 11) is 0. The maximum atomic E-state index is 10.3. The molecule has 0 amide bonds. The van der Waals surface area contributed by atoms with E-state index in [2.05, 4.69) is 10.8 Å². The zero-order chi connectivity index (χ0) is 8.81. The summed E-state index contributed by atoms with van der Waals surface area (Å²) < 4.78 is 0. The highest BCUT2D eigenvalue weighted by Crippen LogP contribution is 2.12. The Bertz CT molecular complexity index is 177. The fourth-order valence-corrected chi connectivity index (χ4v) is 1.64. The van der Waals surface area contributed by atoms with Crippen molar-refractivity contribution >= 4 is 6.29 Å². The van der Waals surface area contributed by atoms with Gasteiger partial charge in [0, 0.05) is 6.42 Å². The van der Waals surface area contributed by atoms with Gasteiger partial charge in [0.25, 0.3) is 0 Å². The second-order valence-corrected chi connectivity index (χ2v) is 3.18. The molecule has 1 atom stereocenters. The van der Waals surface area contributed by atoms with E-state index in [1.807, 2.05) is 0 Å². The van der Waals surface area contributed by atoms with Gasteiger partial charge in [0.15, 0.2) is 0 Å². The highest BCUT2D eigenvalue weighted by molar-refractivity contribution is 5.51. The molecular weight excluding hydrogens is 150 g/mol. The van der Waals surface area contributed by atoms with Gasteiger partial charge in [-0.15, -0.1) is 6.42 Å². The van der Waals surface area contributed by atoms with Gasteiger partial charge in [0.2, 0.25) is 0 Å². The standard InChI is InChI=1S/C10H15NO/c1-2-10(6-9-12)11-7-4-3-5-8-11/h1,9-10H,3-8H2. The molecular formula is C10H15NO. The van der Waals surface area contributed by atoms with Crippen molar-refractivity contribution in [3.8, 4) is 12.3 Å². The highest BCUT2D eigenvalue weighted by atomic mass is 16.1. The van der Waals surface area contributed by atoms with Crippen LogP contribution in [-0.4, -0.2) is 30.3 Å². The Balaban J connectivity index is 2.41. The normalized spacial score (nSPS) is 21.2. The van der Waals surface area contributed by atoms with Crippen LogP contribution < -0.4 is 0 Å². The molecule has 1 rings (SSSR count). The minimum absolute atomic E-state index is 0.0443. The van der Waals surface area contributed by atoms with Gasteiger partial charge in [0.05, 0.1) is 6.04 Å². The van der Waals surface area contributed by atoms with Crippen LogP contribution in [0.2, 0.25) is 0 Å². The van der Waals surface area contributed by atoms with Gasteiger partial charge in [0.1, 0.15) is 6.29 Å². The number of nitrogens with zero attached hydrogens (tertiary/aromatic N) is 1. The molecule has 0 saturated carbocycles. The second kappa shape index (κ2) is 4.95. The van der Waals surface area contributed by atoms with E-state index >= 15 is 0 Å². The van der Waals surface area contributed by atoms with Gasteiger partial charge < -0.3 is 4.79 Å². The summed E-state index contributed by atoms with van der Waals surface area (Å²) in [6.07, 6.45) is 10.5. The molecule has 1 aliphatic rings. The number of hydrogen-bond donors (Lipinski definition) is 0. The van der Waals surface area contributed by atoms with Crippen LogP contribution in [-0.2, 0) is 4.79 Å². The summed E-state index contributed by atoms with van der Waals surface area (Å²) >= 11 is 0. The SMILES string of the molecule is C#CC(CC=O)N1CCCCC1. The van der Waals surface area contributed by atoms with Crippen LogP contribution in [0, 0.1) is 12.3 Å². The van der Waals surface area contributed by atoms with Crippen molar-refractivity contribution in [2.24, 2.45) is 0 Å². The third kappa shape index (κ3) is 2.35. The van der Waals surface area contributed by atoms with Crippen LogP contribution in [0.3, 0.4) is 0 Å². The Hall–Kier alpha value is -0.810. The number of terminal acetylenes is 1. The van der Waals surface area contributed by atoms with Crippen molar-refractivity contribution in [1.82, 2.24) is 4.90 Å². The summed E-state index contributed by atoms with van der Waals surface area (Å²) in [5.74, 6) is 2.67. The van der Waals surface area contributed by atoms with Crippen LogP contribution in [0.5, 0.6) is 0 Å². The van der Waals surface area contributed by atoms with Crippen molar-refractivity contribution in [1.29, 1.82) is 0 Å². The summed E-state index contributed by atoms with van der Waals surface area (Å²) in [6, 6.07) is 0.0443. The largest absolute Gasteiger partial charge is 0.303 e. The molecule has 0 radical (unpaired) electrons. The molecule has 0 bridgehead atoms. The molecule has 0 aromatic rings. The van der Waals surface area contributed by atoms with Crippen molar-refractivity contribution < 1.29 is 4.79 Å². The summed E-state index contributed by atoms with van der Waals surface area (Å²) in [4.78, 5) is 12.5. The van der Waals surface area contributed by atoms with E-state index in [-0.39, 0.29) is 6.04 Å². The summed E-state index contributed by atoms with van der Waals surface area (Å²) in [6.45, 7) is 2.12. The van der Waals surface area contributed by atoms with E-state index in [4.69, 9.17) is 6.42 Å². The predicted octanol–water partition coefficient (Wildman–Crippen LogP) is 1.06.